The lowest BCUT2D eigenvalue weighted by atomic mass is 10.2. The van der Waals surface area contributed by atoms with Crippen LogP contribution in [0.15, 0.2) is 24.5 Å². The Hall–Kier alpha value is -2.11. The molecule has 0 spiro atoms. The smallest absolute Gasteiger partial charge is 0.317 e. The fourth-order valence-corrected chi connectivity index (χ4v) is 1.39. The summed E-state index contributed by atoms with van der Waals surface area (Å²) in [6.07, 6.45) is 3.33. The minimum absolute atomic E-state index is 0.175. The maximum absolute atomic E-state index is 11.7. The lowest BCUT2D eigenvalue weighted by Gasteiger charge is -2.19. The number of nitrogens with one attached hydrogen (secondary N) is 1. The molecule has 0 aliphatic rings. The molecule has 0 fully saturated rings. The molecule has 2 N–H and O–H groups in total. The molecule has 1 aromatic rings. The summed E-state index contributed by atoms with van der Waals surface area (Å²) >= 11 is 0. The Bertz CT molecular complexity index is 408. The van der Waals surface area contributed by atoms with E-state index in [0.29, 0.717) is 6.54 Å². The van der Waals surface area contributed by atoms with Gasteiger partial charge in [-0.25, -0.2) is 4.79 Å². The van der Waals surface area contributed by atoms with Crippen LogP contribution < -0.4 is 5.32 Å². The lowest BCUT2D eigenvalue weighted by Crippen LogP contribution is -2.40. The van der Waals surface area contributed by atoms with Crippen LogP contribution in [0.3, 0.4) is 0 Å². The van der Waals surface area contributed by atoms with Gasteiger partial charge in [0.15, 0.2) is 0 Å². The third kappa shape index (κ3) is 4.40. The predicted molar refractivity (Wildman–Crippen MR) is 65.9 cm³/mol. The normalized spacial score (nSPS) is 11.7. The average molecular weight is 251 g/mol. The van der Waals surface area contributed by atoms with Crippen molar-refractivity contribution in [3.63, 3.8) is 0 Å². The molecule has 1 aromatic heterocycles. The maximum Gasteiger partial charge on any atom is 0.317 e. The van der Waals surface area contributed by atoms with Crippen molar-refractivity contribution in [1.82, 2.24) is 15.2 Å². The van der Waals surface area contributed by atoms with Crippen molar-refractivity contribution in [2.45, 2.75) is 13.5 Å². The largest absolute Gasteiger partial charge is 0.481 e. The standard InChI is InChI=1S/C12H17N3O3/c1-9(11(16)17)8-15(2)12(18)14-7-10-4-3-5-13-6-10/h3-6,9H,7-8H2,1-2H3,(H,14,18)(H,16,17). The fraction of sp³-hybridized carbons (Fsp3) is 0.417. The zero-order valence-corrected chi connectivity index (χ0v) is 10.5. The molecular weight excluding hydrogens is 234 g/mol. The van der Waals surface area contributed by atoms with Crippen molar-refractivity contribution in [2.24, 2.45) is 5.92 Å². The first-order valence-corrected chi connectivity index (χ1v) is 5.61. The number of nitrogens with zero attached hydrogens (tertiary/aromatic N) is 2. The molecule has 0 saturated carbocycles. The Labute approximate surface area is 106 Å². The zero-order chi connectivity index (χ0) is 13.5. The summed E-state index contributed by atoms with van der Waals surface area (Å²) in [6, 6.07) is 3.34. The highest BCUT2D eigenvalue weighted by Gasteiger charge is 2.16. The number of amides is 2. The Balaban J connectivity index is 2.39. The summed E-state index contributed by atoms with van der Waals surface area (Å²) in [7, 11) is 1.57. The Morgan fingerprint density at radius 3 is 2.83 bits per heavy atom. The number of urea groups is 1. The number of pyridine rings is 1. The third-order valence-corrected chi connectivity index (χ3v) is 2.48. The molecular formula is C12H17N3O3. The zero-order valence-electron chi connectivity index (χ0n) is 10.5. The van der Waals surface area contributed by atoms with Crippen LogP contribution in [-0.4, -0.2) is 40.6 Å². The third-order valence-electron chi connectivity index (χ3n) is 2.48. The van der Waals surface area contributed by atoms with Crippen LogP contribution in [0.4, 0.5) is 4.79 Å². The SMILES string of the molecule is CC(CN(C)C(=O)NCc1cccnc1)C(=O)O. The van der Waals surface area contributed by atoms with Crippen molar-refractivity contribution in [2.75, 3.05) is 13.6 Å². The van der Waals surface area contributed by atoms with Crippen LogP contribution in [0.25, 0.3) is 0 Å². The van der Waals surface area contributed by atoms with E-state index >= 15 is 0 Å². The summed E-state index contributed by atoms with van der Waals surface area (Å²) in [4.78, 5) is 27.6. The van der Waals surface area contributed by atoms with Gasteiger partial charge in [-0.05, 0) is 11.6 Å². The molecule has 18 heavy (non-hydrogen) atoms. The molecule has 0 aliphatic carbocycles. The molecule has 98 valence electrons. The molecule has 0 bridgehead atoms. The molecule has 2 amide bonds. The van der Waals surface area contributed by atoms with Gasteiger partial charge in [0.2, 0.25) is 0 Å². The highest BCUT2D eigenvalue weighted by atomic mass is 16.4. The molecule has 1 rings (SSSR count). The highest BCUT2D eigenvalue weighted by Crippen LogP contribution is 1.99. The highest BCUT2D eigenvalue weighted by molar-refractivity contribution is 5.75. The van der Waals surface area contributed by atoms with Gasteiger partial charge in [0.1, 0.15) is 0 Å². The number of hydrogen-bond acceptors (Lipinski definition) is 3. The maximum atomic E-state index is 11.7. The van der Waals surface area contributed by atoms with Gasteiger partial charge in [-0.3, -0.25) is 9.78 Å². The minimum Gasteiger partial charge on any atom is -0.481 e. The summed E-state index contributed by atoms with van der Waals surface area (Å²) in [5, 5.41) is 11.5. The van der Waals surface area contributed by atoms with Crippen LogP contribution >= 0.6 is 0 Å². The van der Waals surface area contributed by atoms with Gasteiger partial charge in [-0.15, -0.1) is 0 Å². The topological polar surface area (TPSA) is 82.5 Å². The summed E-state index contributed by atoms with van der Waals surface area (Å²) in [6.45, 7) is 2.11. The van der Waals surface area contributed by atoms with E-state index in [4.69, 9.17) is 5.11 Å². The number of aliphatic carboxylic acids is 1. The van der Waals surface area contributed by atoms with Crippen LogP contribution in [0.1, 0.15) is 12.5 Å². The monoisotopic (exact) mass is 251 g/mol. The Morgan fingerprint density at radius 2 is 2.28 bits per heavy atom. The summed E-state index contributed by atoms with van der Waals surface area (Å²) < 4.78 is 0. The van der Waals surface area contributed by atoms with Gasteiger partial charge in [0.25, 0.3) is 0 Å². The molecule has 0 aliphatic heterocycles. The van der Waals surface area contributed by atoms with Gasteiger partial charge < -0.3 is 15.3 Å². The second-order valence-electron chi connectivity index (χ2n) is 4.14. The Kier molecular flexibility index (Phi) is 5.10. The molecule has 1 heterocycles. The first-order valence-electron chi connectivity index (χ1n) is 5.61. The van der Waals surface area contributed by atoms with Crippen LogP contribution in [-0.2, 0) is 11.3 Å². The van der Waals surface area contributed by atoms with E-state index in [1.807, 2.05) is 6.07 Å². The van der Waals surface area contributed by atoms with Gasteiger partial charge in [0, 0.05) is 32.5 Å². The number of rotatable bonds is 5. The number of aromatic nitrogens is 1. The molecule has 1 atom stereocenters. The average Bonchev–Trinajstić information content (AvgIpc) is 2.36. The lowest BCUT2D eigenvalue weighted by molar-refractivity contribution is -0.141. The molecule has 0 aromatic carbocycles. The van der Waals surface area contributed by atoms with Gasteiger partial charge >= 0.3 is 12.0 Å². The number of carboxylic acid groups (broad SMARTS) is 1. The van der Waals surface area contributed by atoms with E-state index in [-0.39, 0.29) is 12.6 Å². The van der Waals surface area contributed by atoms with Gasteiger partial charge in [-0.2, -0.15) is 0 Å². The second-order valence-corrected chi connectivity index (χ2v) is 4.14. The van der Waals surface area contributed by atoms with E-state index in [0.717, 1.165) is 5.56 Å². The van der Waals surface area contributed by atoms with Crippen molar-refractivity contribution in [1.29, 1.82) is 0 Å². The van der Waals surface area contributed by atoms with Crippen LogP contribution in [0.5, 0.6) is 0 Å². The van der Waals surface area contributed by atoms with Crippen LogP contribution in [0.2, 0.25) is 0 Å². The molecule has 0 radical (unpaired) electrons. The van der Waals surface area contributed by atoms with E-state index < -0.39 is 11.9 Å². The van der Waals surface area contributed by atoms with Crippen molar-refractivity contribution in [3.05, 3.63) is 30.1 Å². The summed E-state index contributed by atoms with van der Waals surface area (Å²) in [5.74, 6) is -1.50. The van der Waals surface area contributed by atoms with Gasteiger partial charge in [0.05, 0.1) is 5.92 Å². The first kappa shape index (κ1) is 14.0. The van der Waals surface area contributed by atoms with E-state index in [1.165, 1.54) is 4.90 Å². The predicted octanol–water partition coefficient (Wildman–Crippen LogP) is 0.944. The fourth-order valence-electron chi connectivity index (χ4n) is 1.39. The molecule has 6 nitrogen and oxygen atoms in total. The van der Waals surface area contributed by atoms with E-state index in [1.54, 1.807) is 32.4 Å². The molecule has 1 unspecified atom stereocenters. The number of carbonyl (C=O) groups is 2. The number of carboxylic acids is 1. The van der Waals surface area contributed by atoms with Gasteiger partial charge in [-0.1, -0.05) is 13.0 Å². The second kappa shape index (κ2) is 6.58. The Morgan fingerprint density at radius 1 is 1.56 bits per heavy atom. The van der Waals surface area contributed by atoms with E-state index in [2.05, 4.69) is 10.3 Å². The van der Waals surface area contributed by atoms with E-state index in [9.17, 15) is 9.59 Å². The molecule has 6 heteroatoms. The van der Waals surface area contributed by atoms with Crippen molar-refractivity contribution in [3.8, 4) is 0 Å². The first-order chi connectivity index (χ1) is 8.50. The quantitative estimate of drug-likeness (QED) is 0.816. The van der Waals surface area contributed by atoms with Crippen molar-refractivity contribution >= 4 is 12.0 Å². The van der Waals surface area contributed by atoms with Crippen molar-refractivity contribution < 1.29 is 14.7 Å². The number of carbonyl (C=O) groups excluding carboxylic acids is 1. The summed E-state index contributed by atoms with van der Waals surface area (Å²) in [5.41, 5.74) is 0.894. The minimum atomic E-state index is -0.915. The number of hydrogen-bond donors (Lipinski definition) is 2. The van der Waals surface area contributed by atoms with Crippen LogP contribution in [0, 0.1) is 5.92 Å². The molecule has 0 saturated heterocycles.